The predicted molar refractivity (Wildman–Crippen MR) is 164 cm³/mol. The van der Waals surface area contributed by atoms with Crippen LogP contribution in [-0.4, -0.2) is 44.8 Å². The topological polar surface area (TPSA) is 117 Å². The van der Waals surface area contributed by atoms with E-state index in [1.165, 1.54) is 24.3 Å². The van der Waals surface area contributed by atoms with Gasteiger partial charge >= 0.3 is 27.7 Å². The van der Waals surface area contributed by atoms with Crippen LogP contribution in [0, 0.1) is 5.82 Å². The lowest BCUT2D eigenvalue weighted by Crippen LogP contribution is -2.43. The number of halogens is 4. The van der Waals surface area contributed by atoms with Gasteiger partial charge < -0.3 is 23.7 Å². The minimum Gasteiger partial charge on any atom is -0.464 e. The third-order valence-corrected chi connectivity index (χ3v) is 7.57. The summed E-state index contributed by atoms with van der Waals surface area (Å²) in [4.78, 5) is 26.0. The maximum absolute atomic E-state index is 14.0. The van der Waals surface area contributed by atoms with Gasteiger partial charge in [0.15, 0.2) is 5.60 Å². The standard InChI is InChI=1S/C33H37F4NO8S/c1-5-43-29(39)32(26-14-16-27(34)17-15-26,44-19-9-12-23-10-7-6-8-11-23)21-24-13-18-28(46-47(41,42)33(35,36)37)25(20-24)22-38-30(40)45-31(2,3)4/h6-8,10-11,13-18,20H,5,9,12,19,21-22H2,1-4H3,(H,38,40). The molecule has 3 aromatic rings. The zero-order valence-corrected chi connectivity index (χ0v) is 27.2. The molecule has 47 heavy (non-hydrogen) atoms. The molecule has 0 aliphatic heterocycles. The molecule has 0 spiro atoms. The maximum Gasteiger partial charge on any atom is 0.534 e. The van der Waals surface area contributed by atoms with Gasteiger partial charge in [-0.2, -0.15) is 21.6 Å². The molecule has 1 atom stereocenters. The fourth-order valence-corrected chi connectivity index (χ4v) is 5.01. The summed E-state index contributed by atoms with van der Waals surface area (Å²) in [6, 6.07) is 18.0. The summed E-state index contributed by atoms with van der Waals surface area (Å²) < 4.78 is 98.5. The average molecular weight is 684 g/mol. The number of rotatable bonds is 14. The number of aryl methyl sites for hydroxylation is 1. The summed E-state index contributed by atoms with van der Waals surface area (Å²) >= 11 is 0. The molecule has 0 aromatic heterocycles. The number of benzene rings is 3. The molecule has 1 unspecified atom stereocenters. The maximum atomic E-state index is 14.0. The van der Waals surface area contributed by atoms with Gasteiger partial charge in [0.2, 0.25) is 0 Å². The molecule has 1 N–H and O–H groups in total. The number of hydrogen-bond acceptors (Lipinski definition) is 8. The zero-order chi connectivity index (χ0) is 34.9. The second kappa shape index (κ2) is 15.6. The molecule has 3 rings (SSSR count). The monoisotopic (exact) mass is 683 g/mol. The molecule has 0 heterocycles. The summed E-state index contributed by atoms with van der Waals surface area (Å²) in [5, 5.41) is 2.37. The molecule has 9 nitrogen and oxygen atoms in total. The van der Waals surface area contributed by atoms with E-state index < -0.39 is 57.0 Å². The molecular formula is C33H37F4NO8S. The van der Waals surface area contributed by atoms with Crippen molar-refractivity contribution in [1.29, 1.82) is 0 Å². The Morgan fingerprint density at radius 2 is 1.55 bits per heavy atom. The van der Waals surface area contributed by atoms with E-state index in [1.54, 1.807) is 27.7 Å². The molecule has 0 saturated carbocycles. The Hall–Kier alpha value is -4.17. The van der Waals surface area contributed by atoms with Crippen molar-refractivity contribution in [3.63, 3.8) is 0 Å². The zero-order valence-electron chi connectivity index (χ0n) is 26.4. The lowest BCUT2D eigenvalue weighted by atomic mass is 9.86. The Kier molecular flexibility index (Phi) is 12.4. The van der Waals surface area contributed by atoms with Gasteiger partial charge in [-0.1, -0.05) is 54.6 Å². The third-order valence-electron chi connectivity index (χ3n) is 6.60. The van der Waals surface area contributed by atoms with E-state index in [1.807, 2.05) is 30.3 Å². The highest BCUT2D eigenvalue weighted by molar-refractivity contribution is 7.88. The average Bonchev–Trinajstić information content (AvgIpc) is 2.98. The van der Waals surface area contributed by atoms with Gasteiger partial charge in [-0.3, -0.25) is 0 Å². The summed E-state index contributed by atoms with van der Waals surface area (Å²) in [5.41, 5.74) is -7.12. The molecule has 1 amide bonds. The quantitative estimate of drug-likeness (QED) is 0.0654. The van der Waals surface area contributed by atoms with Gasteiger partial charge in [-0.15, -0.1) is 0 Å². The van der Waals surface area contributed by atoms with Crippen LogP contribution in [-0.2, 0) is 54.1 Å². The van der Waals surface area contributed by atoms with Crippen LogP contribution in [0.2, 0.25) is 0 Å². The summed E-state index contributed by atoms with van der Waals surface area (Å²) in [7, 11) is -6.07. The number of hydrogen-bond donors (Lipinski definition) is 1. The van der Waals surface area contributed by atoms with E-state index in [9.17, 15) is 35.6 Å². The van der Waals surface area contributed by atoms with Crippen LogP contribution in [0.25, 0.3) is 0 Å². The van der Waals surface area contributed by atoms with Crippen molar-refractivity contribution >= 4 is 22.2 Å². The highest BCUT2D eigenvalue weighted by atomic mass is 32.2. The van der Waals surface area contributed by atoms with E-state index in [0.29, 0.717) is 12.8 Å². The van der Waals surface area contributed by atoms with E-state index in [-0.39, 0.29) is 36.3 Å². The lowest BCUT2D eigenvalue weighted by molar-refractivity contribution is -0.174. The van der Waals surface area contributed by atoms with Crippen molar-refractivity contribution in [2.24, 2.45) is 0 Å². The normalized spacial score (nSPS) is 13.4. The van der Waals surface area contributed by atoms with E-state index in [4.69, 9.17) is 14.2 Å². The fourth-order valence-electron chi connectivity index (χ4n) is 4.52. The fraction of sp³-hybridized carbons (Fsp3) is 0.394. The Morgan fingerprint density at radius 1 is 0.894 bits per heavy atom. The largest absolute Gasteiger partial charge is 0.534 e. The summed E-state index contributed by atoms with van der Waals surface area (Å²) in [6.07, 6.45) is -0.0984. The highest BCUT2D eigenvalue weighted by Gasteiger charge is 2.49. The van der Waals surface area contributed by atoms with E-state index in [2.05, 4.69) is 9.50 Å². The van der Waals surface area contributed by atoms with Crippen LogP contribution in [0.3, 0.4) is 0 Å². The van der Waals surface area contributed by atoms with Crippen LogP contribution >= 0.6 is 0 Å². The Labute approximate surface area is 271 Å². The molecule has 0 saturated heterocycles. The molecule has 14 heteroatoms. The van der Waals surface area contributed by atoms with Crippen LogP contribution in [0.1, 0.15) is 56.4 Å². The predicted octanol–water partition coefficient (Wildman–Crippen LogP) is 6.73. The first-order chi connectivity index (χ1) is 22.0. The number of ether oxygens (including phenoxy) is 3. The minimum absolute atomic E-state index is 0.0255. The lowest BCUT2D eigenvalue weighted by Gasteiger charge is -2.32. The second-order valence-electron chi connectivity index (χ2n) is 11.4. The van der Waals surface area contributed by atoms with Gasteiger partial charge in [-0.05, 0) is 75.4 Å². The molecular weight excluding hydrogens is 646 g/mol. The van der Waals surface area contributed by atoms with Gasteiger partial charge in [-0.25, -0.2) is 14.0 Å². The Bertz CT molecular complexity index is 1610. The van der Waals surface area contributed by atoms with E-state index >= 15 is 0 Å². The molecule has 0 fully saturated rings. The molecule has 3 aromatic carbocycles. The van der Waals surface area contributed by atoms with Crippen LogP contribution < -0.4 is 9.50 Å². The van der Waals surface area contributed by atoms with Crippen molar-refractivity contribution in [1.82, 2.24) is 5.32 Å². The first-order valence-corrected chi connectivity index (χ1v) is 16.1. The molecule has 0 aliphatic rings. The molecule has 256 valence electrons. The SMILES string of the molecule is CCOC(=O)C(Cc1ccc(OS(=O)(=O)C(F)(F)F)c(CNC(=O)OC(C)(C)C)c1)(OCCCc1ccccc1)c1ccc(F)cc1. The number of nitrogens with one attached hydrogen (secondary N) is 1. The Morgan fingerprint density at radius 3 is 2.15 bits per heavy atom. The smallest absolute Gasteiger partial charge is 0.464 e. The molecule has 0 aliphatic carbocycles. The van der Waals surface area contributed by atoms with Crippen molar-refractivity contribution in [2.45, 2.75) is 70.2 Å². The van der Waals surface area contributed by atoms with Gasteiger partial charge in [0, 0.05) is 25.1 Å². The van der Waals surface area contributed by atoms with Crippen LogP contribution in [0.4, 0.5) is 22.4 Å². The third kappa shape index (κ3) is 10.7. The van der Waals surface area contributed by atoms with E-state index in [0.717, 1.165) is 23.8 Å². The number of carbonyl (C=O) groups is 2. The number of alkyl carbamates (subject to hydrolysis) is 1. The number of esters is 1. The molecule has 0 radical (unpaired) electrons. The van der Waals surface area contributed by atoms with Crippen LogP contribution in [0.5, 0.6) is 5.75 Å². The minimum atomic E-state index is -6.07. The van der Waals surface area contributed by atoms with Crippen molar-refractivity contribution in [3.05, 3.63) is 101 Å². The first-order valence-electron chi connectivity index (χ1n) is 14.7. The summed E-state index contributed by atoms with van der Waals surface area (Å²) in [6.45, 7) is 5.92. The number of amides is 1. The number of alkyl halides is 3. The van der Waals surface area contributed by atoms with Gasteiger partial charge in [0.05, 0.1) is 6.61 Å². The Balaban J connectivity index is 2.04. The summed E-state index contributed by atoms with van der Waals surface area (Å²) in [5.74, 6) is -2.09. The van der Waals surface area contributed by atoms with Gasteiger partial charge in [0.1, 0.15) is 17.2 Å². The van der Waals surface area contributed by atoms with Gasteiger partial charge in [0.25, 0.3) is 0 Å². The second-order valence-corrected chi connectivity index (χ2v) is 13.0. The first kappa shape index (κ1) is 37.3. The van der Waals surface area contributed by atoms with Crippen molar-refractivity contribution in [2.75, 3.05) is 13.2 Å². The number of carbonyl (C=O) groups excluding carboxylic acids is 2. The van der Waals surface area contributed by atoms with Crippen LogP contribution in [0.15, 0.2) is 72.8 Å². The highest BCUT2D eigenvalue weighted by Crippen LogP contribution is 2.35. The molecule has 0 bridgehead atoms. The van der Waals surface area contributed by atoms with Crippen molar-refractivity contribution < 1.29 is 54.0 Å². The van der Waals surface area contributed by atoms with Crippen molar-refractivity contribution in [3.8, 4) is 5.75 Å².